The van der Waals surface area contributed by atoms with Gasteiger partial charge < -0.3 is 20.7 Å². The van der Waals surface area contributed by atoms with E-state index in [1.54, 1.807) is 4.90 Å². The van der Waals surface area contributed by atoms with Crippen LogP contribution < -0.4 is 11.1 Å². The van der Waals surface area contributed by atoms with Crippen molar-refractivity contribution in [2.24, 2.45) is 11.7 Å². The van der Waals surface area contributed by atoms with Crippen LogP contribution in [-0.4, -0.2) is 48.6 Å². The lowest BCUT2D eigenvalue weighted by Gasteiger charge is -2.39. The number of benzene rings is 1. The number of nitrogens with two attached hydrogens (primary N) is 1. The molecule has 0 aromatic heterocycles. The lowest BCUT2D eigenvalue weighted by atomic mass is 9.87. The summed E-state index contributed by atoms with van der Waals surface area (Å²) >= 11 is 5.73. The van der Waals surface area contributed by atoms with Crippen LogP contribution in [0, 0.1) is 11.7 Å². The molecule has 142 valence electrons. The molecule has 2 heterocycles. The highest BCUT2D eigenvalue weighted by atomic mass is 35.5. The van der Waals surface area contributed by atoms with Crippen LogP contribution in [0.25, 0.3) is 0 Å². The number of hydrogen-bond donors (Lipinski definition) is 2. The molecule has 2 aliphatic rings. The monoisotopic (exact) mass is 383 g/mol. The first-order chi connectivity index (χ1) is 12.4. The highest BCUT2D eigenvalue weighted by molar-refractivity contribution is 6.31. The predicted octanol–water partition coefficient (Wildman–Crippen LogP) is 2.16. The summed E-state index contributed by atoms with van der Waals surface area (Å²) in [5.41, 5.74) is 5.87. The number of ether oxygens (including phenoxy) is 1. The van der Waals surface area contributed by atoms with Gasteiger partial charge in [0.15, 0.2) is 0 Å². The van der Waals surface area contributed by atoms with Crippen molar-refractivity contribution in [2.75, 3.05) is 31.6 Å². The molecule has 3 N–H and O–H groups in total. The number of amides is 2. The first-order valence-electron chi connectivity index (χ1n) is 8.81. The van der Waals surface area contributed by atoms with E-state index in [9.17, 15) is 14.0 Å². The average Bonchev–Trinajstić information content (AvgIpc) is 2.65. The van der Waals surface area contributed by atoms with Gasteiger partial charge in [0, 0.05) is 37.9 Å². The first kappa shape index (κ1) is 19.1. The molecule has 1 aromatic carbocycles. The van der Waals surface area contributed by atoms with Gasteiger partial charge in [0.1, 0.15) is 5.82 Å². The maximum atomic E-state index is 13.2. The Morgan fingerprint density at radius 1 is 1.27 bits per heavy atom. The molecule has 0 atom stereocenters. The molecule has 1 aromatic rings. The number of nitrogens with zero attached hydrogens (tertiary/aromatic N) is 1. The summed E-state index contributed by atoms with van der Waals surface area (Å²) in [5.74, 6) is -0.926. The van der Waals surface area contributed by atoms with Crippen LogP contribution in [-0.2, 0) is 14.3 Å². The highest BCUT2D eigenvalue weighted by Gasteiger charge is 2.40. The zero-order valence-corrected chi connectivity index (χ0v) is 15.2. The summed E-state index contributed by atoms with van der Waals surface area (Å²) < 4.78 is 18.5. The van der Waals surface area contributed by atoms with Gasteiger partial charge in [-0.3, -0.25) is 9.59 Å². The fraction of sp³-hybridized carbons (Fsp3) is 0.556. The van der Waals surface area contributed by atoms with Gasteiger partial charge in [-0.2, -0.15) is 0 Å². The van der Waals surface area contributed by atoms with E-state index in [1.807, 2.05) is 0 Å². The van der Waals surface area contributed by atoms with Gasteiger partial charge in [-0.05, 0) is 43.9 Å². The zero-order valence-electron chi connectivity index (χ0n) is 14.5. The summed E-state index contributed by atoms with van der Waals surface area (Å²) in [7, 11) is 0. The van der Waals surface area contributed by atoms with Crippen LogP contribution in [0.3, 0.4) is 0 Å². The van der Waals surface area contributed by atoms with Crippen molar-refractivity contribution in [1.29, 1.82) is 0 Å². The number of piperidine rings is 1. The predicted molar refractivity (Wildman–Crippen MR) is 96.3 cm³/mol. The van der Waals surface area contributed by atoms with Gasteiger partial charge in [0.25, 0.3) is 0 Å². The Bertz CT molecular complexity index is 686. The molecule has 0 spiro atoms. The molecular weight excluding hydrogens is 361 g/mol. The maximum Gasteiger partial charge on any atom is 0.242 e. The van der Waals surface area contributed by atoms with Crippen LogP contribution in [0.4, 0.5) is 10.1 Å². The molecule has 6 nitrogen and oxygen atoms in total. The van der Waals surface area contributed by atoms with Crippen LogP contribution in [0.5, 0.6) is 0 Å². The molecule has 2 fully saturated rings. The van der Waals surface area contributed by atoms with Gasteiger partial charge in [-0.15, -0.1) is 0 Å². The largest absolute Gasteiger partial charge is 0.381 e. The van der Waals surface area contributed by atoms with Gasteiger partial charge in [0.05, 0.1) is 10.6 Å². The molecule has 2 aliphatic heterocycles. The Hall–Kier alpha value is -1.70. The minimum atomic E-state index is -0.849. The van der Waals surface area contributed by atoms with Crippen molar-refractivity contribution >= 4 is 29.1 Å². The molecule has 0 saturated carbocycles. The number of hydrogen-bond acceptors (Lipinski definition) is 4. The second kappa shape index (κ2) is 7.90. The quantitative estimate of drug-likeness (QED) is 0.837. The first-order valence-corrected chi connectivity index (χ1v) is 9.19. The van der Waals surface area contributed by atoms with Gasteiger partial charge in [0.2, 0.25) is 11.8 Å². The summed E-state index contributed by atoms with van der Waals surface area (Å²) in [6.45, 7) is 2.00. The molecule has 0 aliphatic carbocycles. The van der Waals surface area contributed by atoms with E-state index < -0.39 is 11.4 Å². The van der Waals surface area contributed by atoms with E-state index in [2.05, 4.69) is 5.32 Å². The summed E-state index contributed by atoms with van der Waals surface area (Å²) in [5, 5.41) is 2.73. The second-order valence-corrected chi connectivity index (χ2v) is 7.36. The molecule has 8 heteroatoms. The van der Waals surface area contributed by atoms with Crippen molar-refractivity contribution in [2.45, 2.75) is 31.2 Å². The number of likely N-dealkylation sites (tertiary alicyclic amines) is 1. The van der Waals surface area contributed by atoms with Crippen LogP contribution in [0.2, 0.25) is 5.02 Å². The van der Waals surface area contributed by atoms with E-state index in [0.717, 1.165) is 0 Å². The van der Waals surface area contributed by atoms with Crippen LogP contribution >= 0.6 is 11.6 Å². The number of carbonyl (C=O) groups is 2. The summed E-state index contributed by atoms with van der Waals surface area (Å²) in [4.78, 5) is 26.9. The Morgan fingerprint density at radius 2 is 1.92 bits per heavy atom. The molecule has 26 heavy (non-hydrogen) atoms. The maximum absolute atomic E-state index is 13.2. The lowest BCUT2D eigenvalue weighted by Crippen LogP contribution is -2.59. The smallest absolute Gasteiger partial charge is 0.242 e. The Morgan fingerprint density at radius 3 is 2.54 bits per heavy atom. The third-order valence-electron chi connectivity index (χ3n) is 5.15. The van der Waals surface area contributed by atoms with Crippen LogP contribution in [0.1, 0.15) is 25.7 Å². The Balaban J connectivity index is 1.53. The SMILES string of the molecule is NC1(C(=O)N2CCC(C(=O)Nc3ccc(F)c(Cl)c3)CC2)CCOCC1. The summed E-state index contributed by atoms with van der Waals surface area (Å²) in [6.07, 6.45) is 2.19. The molecule has 0 radical (unpaired) electrons. The fourth-order valence-electron chi connectivity index (χ4n) is 3.43. The number of nitrogens with one attached hydrogen (secondary N) is 1. The van der Waals surface area contributed by atoms with Gasteiger partial charge in [-0.25, -0.2) is 4.39 Å². The van der Waals surface area contributed by atoms with E-state index in [0.29, 0.717) is 57.7 Å². The van der Waals surface area contributed by atoms with Crippen molar-refractivity contribution < 1.29 is 18.7 Å². The van der Waals surface area contributed by atoms with E-state index in [1.165, 1.54) is 18.2 Å². The van der Waals surface area contributed by atoms with E-state index in [-0.39, 0.29) is 22.8 Å². The second-order valence-electron chi connectivity index (χ2n) is 6.95. The Labute approximate surface area is 156 Å². The average molecular weight is 384 g/mol. The number of halogens is 2. The Kier molecular flexibility index (Phi) is 5.79. The van der Waals surface area contributed by atoms with Crippen molar-refractivity contribution in [1.82, 2.24) is 4.90 Å². The van der Waals surface area contributed by atoms with E-state index >= 15 is 0 Å². The molecule has 2 saturated heterocycles. The van der Waals surface area contributed by atoms with Crippen LogP contribution in [0.15, 0.2) is 18.2 Å². The molecular formula is C18H23ClFN3O3. The molecule has 0 unspecified atom stereocenters. The van der Waals surface area contributed by atoms with Crippen molar-refractivity contribution in [3.05, 3.63) is 29.0 Å². The minimum Gasteiger partial charge on any atom is -0.381 e. The highest BCUT2D eigenvalue weighted by Crippen LogP contribution is 2.26. The normalized spacial score (nSPS) is 20.7. The summed E-state index contributed by atoms with van der Waals surface area (Å²) in [6, 6.07) is 4.08. The number of carbonyl (C=O) groups excluding carboxylic acids is 2. The van der Waals surface area contributed by atoms with Crippen molar-refractivity contribution in [3.63, 3.8) is 0 Å². The molecule has 3 rings (SSSR count). The third kappa shape index (κ3) is 4.16. The fourth-order valence-corrected chi connectivity index (χ4v) is 3.61. The number of rotatable bonds is 3. The zero-order chi connectivity index (χ0) is 18.7. The minimum absolute atomic E-state index is 0.0343. The lowest BCUT2D eigenvalue weighted by molar-refractivity contribution is -0.143. The van der Waals surface area contributed by atoms with Gasteiger partial charge in [-0.1, -0.05) is 11.6 Å². The topological polar surface area (TPSA) is 84.7 Å². The molecule has 2 amide bonds. The molecule has 0 bridgehead atoms. The third-order valence-corrected chi connectivity index (χ3v) is 5.44. The van der Waals surface area contributed by atoms with Crippen molar-refractivity contribution in [3.8, 4) is 0 Å². The number of anilines is 1. The van der Waals surface area contributed by atoms with E-state index in [4.69, 9.17) is 22.1 Å². The standard InChI is InChI=1S/C18H23ClFN3O3/c19-14-11-13(1-2-15(14)20)22-16(24)12-3-7-23(8-4-12)17(25)18(21)5-9-26-10-6-18/h1-2,11-12H,3-10,21H2,(H,22,24). The van der Waals surface area contributed by atoms with Gasteiger partial charge >= 0.3 is 0 Å².